The van der Waals surface area contributed by atoms with Crippen molar-refractivity contribution in [2.24, 2.45) is 16.7 Å². The smallest absolute Gasteiger partial charge is 0.141 e. The van der Waals surface area contributed by atoms with Crippen LogP contribution in [0.2, 0.25) is 0 Å². The zero-order chi connectivity index (χ0) is 17.3. The quantitative estimate of drug-likeness (QED) is 0.672. The van der Waals surface area contributed by atoms with Gasteiger partial charge in [0.05, 0.1) is 0 Å². The molecule has 1 atom stereocenters. The highest BCUT2D eigenvalue weighted by Crippen LogP contribution is 2.32. The number of rotatable bonds is 4. The number of Topliss-reactive ketones (excluding diaryl/α,β-unsaturated/α-hetero) is 1. The van der Waals surface area contributed by atoms with Gasteiger partial charge in [-0.3, -0.25) is 4.79 Å². The third-order valence-electron chi connectivity index (χ3n) is 4.26. The molecule has 0 amide bonds. The lowest BCUT2D eigenvalue weighted by Gasteiger charge is -2.30. The van der Waals surface area contributed by atoms with E-state index in [9.17, 15) is 4.79 Å². The summed E-state index contributed by atoms with van der Waals surface area (Å²) in [6, 6.07) is 15.0. The normalized spacial score (nSPS) is 14.0. The van der Waals surface area contributed by atoms with Crippen molar-refractivity contribution in [3.63, 3.8) is 0 Å². The number of hydrogen-bond acceptors (Lipinski definition) is 1. The van der Waals surface area contributed by atoms with Gasteiger partial charge < -0.3 is 0 Å². The molecular formula is C22H30O. The third kappa shape index (κ3) is 4.92. The summed E-state index contributed by atoms with van der Waals surface area (Å²) in [6.07, 6.45) is 1.76. The van der Waals surface area contributed by atoms with E-state index in [4.69, 9.17) is 0 Å². The van der Waals surface area contributed by atoms with Gasteiger partial charge >= 0.3 is 0 Å². The van der Waals surface area contributed by atoms with Crippen LogP contribution >= 0.6 is 0 Å². The van der Waals surface area contributed by atoms with Gasteiger partial charge in [0.25, 0.3) is 0 Å². The first-order valence-corrected chi connectivity index (χ1v) is 8.58. The Morgan fingerprint density at radius 2 is 1.52 bits per heavy atom. The topological polar surface area (TPSA) is 17.1 Å². The standard InChI is InChI=1S/C22H30O/c1-21(2,3)15-19(20(23)22(4,5)6)14-16-11-12-17-9-7-8-10-18(17)13-16/h7-13,19H,14-15H2,1-6H3/t19-/m1/s1. The second-order valence-electron chi connectivity index (χ2n) is 8.96. The van der Waals surface area contributed by atoms with Crippen LogP contribution in [-0.2, 0) is 11.2 Å². The number of carbonyl (C=O) groups excluding carboxylic acids is 1. The molecule has 0 N–H and O–H groups in total. The molecule has 1 heteroatoms. The van der Waals surface area contributed by atoms with Crippen LogP contribution in [0.5, 0.6) is 0 Å². The first kappa shape index (κ1) is 17.7. The van der Waals surface area contributed by atoms with Crippen LogP contribution in [0.4, 0.5) is 0 Å². The Labute approximate surface area is 141 Å². The van der Waals surface area contributed by atoms with Gasteiger partial charge in [0, 0.05) is 11.3 Å². The van der Waals surface area contributed by atoms with Crippen molar-refractivity contribution in [3.8, 4) is 0 Å². The molecule has 0 aliphatic carbocycles. The minimum atomic E-state index is -0.285. The van der Waals surface area contributed by atoms with Crippen molar-refractivity contribution in [3.05, 3.63) is 48.0 Å². The highest BCUT2D eigenvalue weighted by molar-refractivity contribution is 5.87. The zero-order valence-corrected chi connectivity index (χ0v) is 15.4. The molecule has 0 fully saturated rings. The third-order valence-corrected chi connectivity index (χ3v) is 4.26. The Hall–Kier alpha value is -1.63. The van der Waals surface area contributed by atoms with Gasteiger partial charge in [0.1, 0.15) is 5.78 Å². The van der Waals surface area contributed by atoms with Crippen molar-refractivity contribution in [1.29, 1.82) is 0 Å². The lowest BCUT2D eigenvalue weighted by atomic mass is 9.73. The zero-order valence-electron chi connectivity index (χ0n) is 15.4. The van der Waals surface area contributed by atoms with Crippen LogP contribution in [0.15, 0.2) is 42.5 Å². The average molecular weight is 310 g/mol. The van der Waals surface area contributed by atoms with E-state index in [2.05, 4.69) is 63.2 Å². The maximum Gasteiger partial charge on any atom is 0.141 e. The van der Waals surface area contributed by atoms with E-state index in [1.807, 2.05) is 20.8 Å². The van der Waals surface area contributed by atoms with E-state index in [1.165, 1.54) is 16.3 Å². The Morgan fingerprint density at radius 1 is 0.913 bits per heavy atom. The fourth-order valence-electron chi connectivity index (χ4n) is 3.26. The summed E-state index contributed by atoms with van der Waals surface area (Å²) in [5, 5.41) is 2.51. The lowest BCUT2D eigenvalue weighted by molar-refractivity contribution is -0.131. The van der Waals surface area contributed by atoms with E-state index in [1.54, 1.807) is 0 Å². The van der Waals surface area contributed by atoms with Crippen LogP contribution in [0.3, 0.4) is 0 Å². The number of benzene rings is 2. The van der Waals surface area contributed by atoms with E-state index in [0.29, 0.717) is 5.78 Å². The minimum absolute atomic E-state index is 0.0798. The van der Waals surface area contributed by atoms with Crippen LogP contribution in [-0.4, -0.2) is 5.78 Å². The summed E-state index contributed by atoms with van der Waals surface area (Å²) in [5.74, 6) is 0.455. The molecule has 0 unspecified atom stereocenters. The summed E-state index contributed by atoms with van der Waals surface area (Å²) in [7, 11) is 0. The molecule has 2 aromatic carbocycles. The molecule has 0 aliphatic rings. The second kappa shape index (κ2) is 6.47. The first-order chi connectivity index (χ1) is 10.6. The van der Waals surface area contributed by atoms with Crippen molar-refractivity contribution in [2.75, 3.05) is 0 Å². The van der Waals surface area contributed by atoms with Gasteiger partial charge in [-0.25, -0.2) is 0 Å². The first-order valence-electron chi connectivity index (χ1n) is 8.58. The minimum Gasteiger partial charge on any atom is -0.299 e. The molecule has 0 aliphatic heterocycles. The van der Waals surface area contributed by atoms with Gasteiger partial charge in [-0.2, -0.15) is 0 Å². The Kier molecular flexibility index (Phi) is 4.98. The number of fused-ring (bicyclic) bond motifs is 1. The predicted molar refractivity (Wildman–Crippen MR) is 99.7 cm³/mol. The van der Waals surface area contributed by atoms with E-state index >= 15 is 0 Å². The van der Waals surface area contributed by atoms with Crippen molar-refractivity contribution in [1.82, 2.24) is 0 Å². The summed E-state index contributed by atoms with van der Waals surface area (Å²) in [4.78, 5) is 12.9. The molecule has 0 heterocycles. The summed E-state index contributed by atoms with van der Waals surface area (Å²) in [5.41, 5.74) is 1.13. The molecule has 124 valence electrons. The predicted octanol–water partition coefficient (Wildman–Crippen LogP) is 6.05. The van der Waals surface area contributed by atoms with Gasteiger partial charge in [0.2, 0.25) is 0 Å². The number of ketones is 1. The molecule has 0 aromatic heterocycles. The van der Waals surface area contributed by atoms with Crippen molar-refractivity contribution >= 4 is 16.6 Å². The summed E-state index contributed by atoms with van der Waals surface area (Å²) < 4.78 is 0. The maximum absolute atomic E-state index is 12.9. The molecular weight excluding hydrogens is 280 g/mol. The van der Waals surface area contributed by atoms with E-state index in [-0.39, 0.29) is 16.7 Å². The fourth-order valence-corrected chi connectivity index (χ4v) is 3.26. The molecule has 2 rings (SSSR count). The molecule has 23 heavy (non-hydrogen) atoms. The molecule has 0 spiro atoms. The van der Waals surface area contributed by atoms with Gasteiger partial charge in [0.15, 0.2) is 0 Å². The highest BCUT2D eigenvalue weighted by atomic mass is 16.1. The number of carbonyl (C=O) groups is 1. The monoisotopic (exact) mass is 310 g/mol. The van der Waals surface area contributed by atoms with E-state index in [0.717, 1.165) is 12.8 Å². The maximum atomic E-state index is 12.9. The molecule has 0 saturated heterocycles. The summed E-state index contributed by atoms with van der Waals surface area (Å²) in [6.45, 7) is 12.8. The SMILES string of the molecule is CC(C)(C)C[C@@H](Cc1ccc2ccccc2c1)C(=O)C(C)(C)C. The fraction of sp³-hybridized carbons (Fsp3) is 0.500. The van der Waals surface area contributed by atoms with Crippen LogP contribution in [0, 0.1) is 16.7 Å². The molecule has 0 bridgehead atoms. The number of hydrogen-bond donors (Lipinski definition) is 0. The summed E-state index contributed by atoms with van der Waals surface area (Å²) >= 11 is 0. The molecule has 0 saturated carbocycles. The Balaban J connectivity index is 2.29. The van der Waals surface area contributed by atoms with Gasteiger partial charge in [-0.1, -0.05) is 84.0 Å². The van der Waals surface area contributed by atoms with Crippen LogP contribution in [0.1, 0.15) is 53.5 Å². The lowest BCUT2D eigenvalue weighted by Crippen LogP contribution is -2.32. The van der Waals surface area contributed by atoms with Crippen molar-refractivity contribution < 1.29 is 4.79 Å². The van der Waals surface area contributed by atoms with Crippen LogP contribution in [0.25, 0.3) is 10.8 Å². The molecule has 2 aromatic rings. The Bertz CT molecular complexity index is 683. The average Bonchev–Trinajstić information content (AvgIpc) is 2.43. The van der Waals surface area contributed by atoms with E-state index < -0.39 is 0 Å². The second-order valence-corrected chi connectivity index (χ2v) is 8.96. The largest absolute Gasteiger partial charge is 0.299 e. The van der Waals surface area contributed by atoms with Gasteiger partial charge in [-0.05, 0) is 34.6 Å². The Morgan fingerprint density at radius 3 is 2.09 bits per heavy atom. The van der Waals surface area contributed by atoms with Crippen LogP contribution < -0.4 is 0 Å². The highest BCUT2D eigenvalue weighted by Gasteiger charge is 2.32. The molecule has 0 radical (unpaired) electrons. The molecule has 1 nitrogen and oxygen atoms in total. The van der Waals surface area contributed by atoms with Gasteiger partial charge in [-0.15, -0.1) is 0 Å². The van der Waals surface area contributed by atoms with Crippen molar-refractivity contribution in [2.45, 2.75) is 54.4 Å².